The highest BCUT2D eigenvalue weighted by molar-refractivity contribution is 7.99. The predicted octanol–water partition coefficient (Wildman–Crippen LogP) is 3.76. The van der Waals surface area contributed by atoms with Crippen molar-refractivity contribution in [1.82, 2.24) is 15.3 Å². The van der Waals surface area contributed by atoms with E-state index in [1.165, 1.54) is 22.3 Å². The van der Waals surface area contributed by atoms with Crippen molar-refractivity contribution in [3.63, 3.8) is 0 Å². The van der Waals surface area contributed by atoms with Crippen molar-refractivity contribution in [1.29, 1.82) is 0 Å². The van der Waals surface area contributed by atoms with Crippen LogP contribution in [-0.4, -0.2) is 22.8 Å². The zero-order valence-electron chi connectivity index (χ0n) is 13.4. The molecule has 0 bridgehead atoms. The second-order valence-electron chi connectivity index (χ2n) is 5.51. The Labute approximate surface area is 131 Å². The van der Waals surface area contributed by atoms with Crippen LogP contribution in [0.15, 0.2) is 29.7 Å². The van der Waals surface area contributed by atoms with E-state index in [9.17, 15) is 0 Å². The zero-order valence-corrected chi connectivity index (χ0v) is 14.2. The summed E-state index contributed by atoms with van der Waals surface area (Å²) >= 11 is 1.69. The van der Waals surface area contributed by atoms with Gasteiger partial charge in [-0.15, -0.1) is 0 Å². The lowest BCUT2D eigenvalue weighted by Crippen LogP contribution is -2.21. The molecule has 21 heavy (non-hydrogen) atoms. The average Bonchev–Trinajstić information content (AvgIpc) is 2.43. The molecular weight excluding hydrogens is 278 g/mol. The van der Waals surface area contributed by atoms with Crippen LogP contribution in [0.2, 0.25) is 0 Å². The number of aryl methyl sites for hydroxylation is 4. The van der Waals surface area contributed by atoms with Crippen molar-refractivity contribution in [2.75, 3.05) is 12.8 Å². The molecule has 0 saturated carbocycles. The summed E-state index contributed by atoms with van der Waals surface area (Å²) in [6, 6.07) is 4.81. The molecule has 2 aromatic rings. The fourth-order valence-corrected chi connectivity index (χ4v) is 3.57. The van der Waals surface area contributed by atoms with E-state index in [2.05, 4.69) is 48.2 Å². The molecule has 4 heteroatoms. The molecule has 0 aliphatic carbocycles. The molecule has 0 amide bonds. The third kappa shape index (κ3) is 4.05. The molecule has 1 atom stereocenters. The van der Waals surface area contributed by atoms with E-state index in [1.807, 2.05) is 26.4 Å². The van der Waals surface area contributed by atoms with Crippen LogP contribution >= 0.6 is 11.8 Å². The van der Waals surface area contributed by atoms with Gasteiger partial charge >= 0.3 is 0 Å². The first-order valence-electron chi connectivity index (χ1n) is 7.17. The monoisotopic (exact) mass is 301 g/mol. The van der Waals surface area contributed by atoms with E-state index in [0.717, 1.165) is 16.5 Å². The Morgan fingerprint density at radius 2 is 1.57 bits per heavy atom. The van der Waals surface area contributed by atoms with Gasteiger partial charge in [0.15, 0.2) is 5.16 Å². The van der Waals surface area contributed by atoms with Gasteiger partial charge in [-0.25, -0.2) is 9.97 Å². The summed E-state index contributed by atoms with van der Waals surface area (Å²) in [6.07, 6.45) is 3.73. The molecule has 0 aliphatic rings. The van der Waals surface area contributed by atoms with Gasteiger partial charge < -0.3 is 5.32 Å². The summed E-state index contributed by atoms with van der Waals surface area (Å²) in [4.78, 5) is 8.72. The highest BCUT2D eigenvalue weighted by Gasteiger charge is 2.15. The van der Waals surface area contributed by atoms with E-state index in [0.29, 0.717) is 6.04 Å². The fraction of sp³-hybridized carbons (Fsp3) is 0.412. The second-order valence-corrected chi connectivity index (χ2v) is 6.49. The lowest BCUT2D eigenvalue weighted by atomic mass is 9.95. The largest absolute Gasteiger partial charge is 0.312 e. The highest BCUT2D eigenvalue weighted by atomic mass is 32.2. The molecule has 0 spiro atoms. The number of hydrogen-bond donors (Lipinski definition) is 1. The van der Waals surface area contributed by atoms with Gasteiger partial charge in [0.05, 0.1) is 0 Å². The Balaban J connectivity index is 2.15. The van der Waals surface area contributed by atoms with Crippen LogP contribution in [0.3, 0.4) is 0 Å². The maximum absolute atomic E-state index is 4.36. The summed E-state index contributed by atoms with van der Waals surface area (Å²) in [6.45, 7) is 8.52. The Morgan fingerprint density at radius 3 is 2.10 bits per heavy atom. The molecular formula is C17H23N3S. The maximum Gasteiger partial charge on any atom is 0.187 e. The van der Waals surface area contributed by atoms with Crippen molar-refractivity contribution in [2.45, 2.75) is 38.9 Å². The molecule has 1 aromatic carbocycles. The number of aromatic nitrogens is 2. The molecule has 0 radical (unpaired) electrons. The molecule has 2 rings (SSSR count). The maximum atomic E-state index is 4.36. The van der Waals surface area contributed by atoms with Crippen LogP contribution in [-0.2, 0) is 0 Å². The van der Waals surface area contributed by atoms with Crippen molar-refractivity contribution in [3.8, 4) is 0 Å². The summed E-state index contributed by atoms with van der Waals surface area (Å²) in [5.41, 5.74) is 6.49. The van der Waals surface area contributed by atoms with E-state index < -0.39 is 0 Å². The number of nitrogens with zero attached hydrogens (tertiary/aromatic N) is 2. The van der Waals surface area contributed by atoms with Gasteiger partial charge in [0, 0.05) is 24.2 Å². The van der Waals surface area contributed by atoms with E-state index in [1.54, 1.807) is 11.8 Å². The van der Waals surface area contributed by atoms with Crippen molar-refractivity contribution in [3.05, 3.63) is 52.3 Å². The lowest BCUT2D eigenvalue weighted by Gasteiger charge is -2.21. The van der Waals surface area contributed by atoms with Crippen molar-refractivity contribution in [2.24, 2.45) is 0 Å². The first kappa shape index (κ1) is 16.0. The molecule has 0 fully saturated rings. The second kappa shape index (κ2) is 7.05. The summed E-state index contributed by atoms with van der Waals surface area (Å²) in [7, 11) is 2.01. The van der Waals surface area contributed by atoms with Gasteiger partial charge in [0.2, 0.25) is 0 Å². The molecule has 0 aliphatic heterocycles. The lowest BCUT2D eigenvalue weighted by molar-refractivity contribution is 0.652. The van der Waals surface area contributed by atoms with Crippen LogP contribution in [0.25, 0.3) is 0 Å². The predicted molar refractivity (Wildman–Crippen MR) is 89.9 cm³/mol. The quantitative estimate of drug-likeness (QED) is 0.674. The topological polar surface area (TPSA) is 37.8 Å². The summed E-state index contributed by atoms with van der Waals surface area (Å²) in [5, 5.41) is 4.26. The minimum atomic E-state index is 0.306. The van der Waals surface area contributed by atoms with Crippen LogP contribution in [0.5, 0.6) is 0 Å². The van der Waals surface area contributed by atoms with Gasteiger partial charge in [-0.2, -0.15) is 0 Å². The van der Waals surface area contributed by atoms with Gasteiger partial charge in [0.25, 0.3) is 0 Å². The molecule has 1 unspecified atom stereocenters. The van der Waals surface area contributed by atoms with Gasteiger partial charge in [-0.1, -0.05) is 29.5 Å². The highest BCUT2D eigenvalue weighted by Crippen LogP contribution is 2.27. The first-order valence-corrected chi connectivity index (χ1v) is 8.16. The number of rotatable bonds is 5. The van der Waals surface area contributed by atoms with Crippen LogP contribution < -0.4 is 5.32 Å². The summed E-state index contributed by atoms with van der Waals surface area (Å²) in [5.74, 6) is 0.921. The van der Waals surface area contributed by atoms with E-state index in [-0.39, 0.29) is 0 Å². The van der Waals surface area contributed by atoms with Crippen LogP contribution in [0, 0.1) is 27.7 Å². The third-order valence-corrected chi connectivity index (χ3v) is 4.54. The number of thioether (sulfide) groups is 1. The summed E-state index contributed by atoms with van der Waals surface area (Å²) < 4.78 is 0. The Hall–Kier alpha value is -1.39. The molecule has 1 aromatic heterocycles. The Kier molecular flexibility index (Phi) is 5.37. The smallest absolute Gasteiger partial charge is 0.187 e. The fourth-order valence-electron chi connectivity index (χ4n) is 2.66. The number of hydrogen-bond acceptors (Lipinski definition) is 4. The third-order valence-electron chi connectivity index (χ3n) is 3.57. The number of nitrogens with one attached hydrogen (secondary N) is 1. The zero-order chi connectivity index (χ0) is 15.4. The normalized spacial score (nSPS) is 12.4. The standard InChI is InChI=1S/C17H23N3S/c1-11-6-13(3)16(14(4)7-11)15(18-5)10-21-17-19-8-12(2)9-20-17/h6-9,15,18H,10H2,1-5H3. The minimum Gasteiger partial charge on any atom is -0.312 e. The molecule has 0 saturated heterocycles. The molecule has 3 nitrogen and oxygen atoms in total. The van der Waals surface area contributed by atoms with Crippen LogP contribution in [0.1, 0.15) is 33.9 Å². The Morgan fingerprint density at radius 1 is 1.00 bits per heavy atom. The van der Waals surface area contributed by atoms with Gasteiger partial charge in [0.1, 0.15) is 0 Å². The van der Waals surface area contributed by atoms with Crippen LogP contribution in [0.4, 0.5) is 0 Å². The van der Waals surface area contributed by atoms with E-state index in [4.69, 9.17) is 0 Å². The van der Waals surface area contributed by atoms with Gasteiger partial charge in [-0.05, 0) is 57.0 Å². The Bertz CT molecular complexity index is 585. The van der Waals surface area contributed by atoms with Crippen molar-refractivity contribution < 1.29 is 0 Å². The number of benzene rings is 1. The molecule has 1 heterocycles. The SMILES string of the molecule is CNC(CSc1ncc(C)cn1)c1c(C)cc(C)cc1C. The van der Waals surface area contributed by atoms with Crippen molar-refractivity contribution >= 4 is 11.8 Å². The van der Waals surface area contributed by atoms with E-state index >= 15 is 0 Å². The minimum absolute atomic E-state index is 0.306. The molecule has 112 valence electrons. The molecule has 1 N–H and O–H groups in total. The average molecular weight is 301 g/mol. The first-order chi connectivity index (χ1) is 10.0. The van der Waals surface area contributed by atoms with Gasteiger partial charge in [-0.3, -0.25) is 0 Å².